The van der Waals surface area contributed by atoms with Gasteiger partial charge in [-0.3, -0.25) is 9.59 Å². The van der Waals surface area contributed by atoms with E-state index in [4.69, 9.17) is 14.2 Å². The Morgan fingerprint density at radius 3 is 2.41 bits per heavy atom. The molecule has 182 valence electrons. The third kappa shape index (κ3) is 6.90. The van der Waals surface area contributed by atoms with Crippen molar-refractivity contribution in [2.45, 2.75) is 26.2 Å². The van der Waals surface area contributed by atoms with Gasteiger partial charge < -0.3 is 24.4 Å². The van der Waals surface area contributed by atoms with Gasteiger partial charge in [-0.05, 0) is 56.5 Å². The summed E-state index contributed by atoms with van der Waals surface area (Å²) in [5.74, 6) is -2.90. The summed E-state index contributed by atoms with van der Waals surface area (Å²) in [5, 5.41) is 2.20. The van der Waals surface area contributed by atoms with Crippen molar-refractivity contribution in [1.82, 2.24) is 4.90 Å². The van der Waals surface area contributed by atoms with Gasteiger partial charge in [-0.1, -0.05) is 0 Å². The largest absolute Gasteiger partial charge is 0.490 e. The Bertz CT molecular complexity index is 1040. The van der Waals surface area contributed by atoms with E-state index in [-0.39, 0.29) is 29.5 Å². The van der Waals surface area contributed by atoms with Gasteiger partial charge >= 0.3 is 5.97 Å². The molecular weight excluding hydrogens is 450 g/mol. The van der Waals surface area contributed by atoms with Gasteiger partial charge in [0.2, 0.25) is 0 Å². The molecule has 10 heteroatoms. The van der Waals surface area contributed by atoms with Crippen LogP contribution in [-0.2, 0) is 14.3 Å². The molecule has 1 N–H and O–H groups in total. The number of hydrogen-bond donors (Lipinski definition) is 1. The van der Waals surface area contributed by atoms with Crippen LogP contribution in [0.15, 0.2) is 36.4 Å². The Labute approximate surface area is 195 Å². The fourth-order valence-corrected chi connectivity index (χ4v) is 3.39. The third-order valence-corrected chi connectivity index (χ3v) is 5.08. The lowest BCUT2D eigenvalue weighted by atomic mass is 10.1. The quantitative estimate of drug-likeness (QED) is 0.557. The molecule has 34 heavy (non-hydrogen) atoms. The minimum absolute atomic E-state index is 0.0962. The minimum atomic E-state index is -0.949. The molecule has 2 amide bonds. The molecule has 2 aromatic rings. The minimum Gasteiger partial charge on any atom is -0.490 e. The summed E-state index contributed by atoms with van der Waals surface area (Å²) in [7, 11) is 0. The van der Waals surface area contributed by atoms with Gasteiger partial charge in [-0.25, -0.2) is 13.6 Å². The van der Waals surface area contributed by atoms with Crippen LogP contribution in [0.3, 0.4) is 0 Å². The average Bonchev–Trinajstić information content (AvgIpc) is 2.84. The zero-order valence-corrected chi connectivity index (χ0v) is 18.8. The van der Waals surface area contributed by atoms with E-state index in [9.17, 15) is 23.2 Å². The van der Waals surface area contributed by atoms with E-state index in [0.717, 1.165) is 31.4 Å². The molecule has 1 aliphatic heterocycles. The summed E-state index contributed by atoms with van der Waals surface area (Å²) in [6, 6.07) is 6.98. The van der Waals surface area contributed by atoms with Gasteiger partial charge in [0.05, 0.1) is 17.9 Å². The number of rotatable bonds is 9. The van der Waals surface area contributed by atoms with Crippen molar-refractivity contribution >= 4 is 23.5 Å². The van der Waals surface area contributed by atoms with Crippen molar-refractivity contribution in [3.63, 3.8) is 0 Å². The van der Waals surface area contributed by atoms with E-state index in [1.807, 2.05) is 0 Å². The number of nitrogens with zero attached hydrogens (tertiary/aromatic N) is 1. The molecular formula is C24H26F2N2O6. The fourth-order valence-electron chi connectivity index (χ4n) is 3.39. The summed E-state index contributed by atoms with van der Waals surface area (Å²) in [5.41, 5.74) is -0.138. The number of nitrogens with one attached hydrogen (secondary N) is 1. The first-order chi connectivity index (χ1) is 16.4. The number of esters is 1. The predicted octanol–water partition coefficient (Wildman–Crippen LogP) is 3.55. The van der Waals surface area contributed by atoms with Crippen LogP contribution in [-0.4, -0.2) is 55.6 Å². The first-order valence-corrected chi connectivity index (χ1v) is 11.0. The second kappa shape index (κ2) is 12.0. The number of amides is 2. The number of carbonyl (C=O) groups is 3. The predicted molar refractivity (Wildman–Crippen MR) is 119 cm³/mol. The van der Waals surface area contributed by atoms with Crippen LogP contribution in [0, 0.1) is 11.6 Å². The first kappa shape index (κ1) is 24.9. The lowest BCUT2D eigenvalue weighted by Gasteiger charge is -2.26. The van der Waals surface area contributed by atoms with Crippen LogP contribution in [0.25, 0.3) is 0 Å². The molecule has 0 radical (unpaired) electrons. The lowest BCUT2D eigenvalue weighted by Crippen LogP contribution is -2.38. The Morgan fingerprint density at radius 1 is 0.941 bits per heavy atom. The van der Waals surface area contributed by atoms with Gasteiger partial charge in [0.25, 0.3) is 11.8 Å². The summed E-state index contributed by atoms with van der Waals surface area (Å²) in [4.78, 5) is 38.4. The fraction of sp³-hybridized carbons (Fsp3) is 0.375. The van der Waals surface area contributed by atoms with Crippen molar-refractivity contribution in [2.75, 3.05) is 38.2 Å². The summed E-state index contributed by atoms with van der Waals surface area (Å²) in [6.07, 6.45) is 3.06. The molecule has 1 saturated heterocycles. The summed E-state index contributed by atoms with van der Waals surface area (Å²) >= 11 is 0. The van der Waals surface area contributed by atoms with Gasteiger partial charge in [-0.2, -0.15) is 0 Å². The molecule has 0 atom stereocenters. The molecule has 0 spiro atoms. The van der Waals surface area contributed by atoms with Crippen molar-refractivity contribution in [3.8, 4) is 11.5 Å². The van der Waals surface area contributed by atoms with E-state index in [0.29, 0.717) is 31.5 Å². The molecule has 8 nitrogen and oxygen atoms in total. The van der Waals surface area contributed by atoms with Crippen LogP contribution in [0.2, 0.25) is 0 Å². The Morgan fingerprint density at radius 2 is 1.71 bits per heavy atom. The van der Waals surface area contributed by atoms with Crippen molar-refractivity contribution in [3.05, 3.63) is 53.6 Å². The smallest absolute Gasteiger partial charge is 0.338 e. The Kier molecular flexibility index (Phi) is 8.78. The highest BCUT2D eigenvalue weighted by Crippen LogP contribution is 2.29. The number of anilines is 1. The molecule has 1 aliphatic rings. The van der Waals surface area contributed by atoms with Crippen molar-refractivity contribution < 1.29 is 37.4 Å². The highest BCUT2D eigenvalue weighted by Gasteiger charge is 2.19. The molecule has 1 heterocycles. The number of hydrogen-bond acceptors (Lipinski definition) is 6. The summed E-state index contributed by atoms with van der Waals surface area (Å²) in [6.45, 7) is 2.65. The molecule has 2 aromatic carbocycles. The van der Waals surface area contributed by atoms with Gasteiger partial charge in [0.1, 0.15) is 11.6 Å². The highest BCUT2D eigenvalue weighted by atomic mass is 19.1. The molecule has 0 aliphatic carbocycles. The van der Waals surface area contributed by atoms with Crippen LogP contribution in [0.5, 0.6) is 11.5 Å². The monoisotopic (exact) mass is 476 g/mol. The van der Waals surface area contributed by atoms with E-state index < -0.39 is 30.1 Å². The van der Waals surface area contributed by atoms with Gasteiger partial charge in [-0.15, -0.1) is 0 Å². The number of ether oxygens (including phenoxy) is 3. The van der Waals surface area contributed by atoms with E-state index in [1.165, 1.54) is 18.2 Å². The maximum Gasteiger partial charge on any atom is 0.338 e. The lowest BCUT2D eigenvalue weighted by molar-refractivity contribution is -0.134. The molecule has 0 saturated carbocycles. The van der Waals surface area contributed by atoms with E-state index in [2.05, 4.69) is 5.32 Å². The van der Waals surface area contributed by atoms with Crippen LogP contribution in [0.1, 0.15) is 36.5 Å². The van der Waals surface area contributed by atoms with Crippen LogP contribution >= 0.6 is 0 Å². The van der Waals surface area contributed by atoms with Crippen LogP contribution in [0.4, 0.5) is 14.5 Å². The molecule has 1 fully saturated rings. The SMILES string of the molecule is CCOc1cc(C(=O)OCC(=O)Nc2ccc(F)cc2F)ccc1OCC(=O)N1CCCCC1. The van der Waals surface area contributed by atoms with Gasteiger partial charge in [0, 0.05) is 19.2 Å². The zero-order chi connectivity index (χ0) is 24.5. The number of piperidine rings is 1. The third-order valence-electron chi connectivity index (χ3n) is 5.08. The number of likely N-dealkylation sites (tertiary alicyclic amines) is 1. The standard InChI is InChI=1S/C24H26F2N2O6/c1-2-32-21-12-16(6-9-20(21)33-15-23(30)28-10-4-3-5-11-28)24(31)34-14-22(29)27-19-8-7-17(25)13-18(19)26/h6-9,12-13H,2-5,10-11,14-15H2,1H3,(H,27,29). The second-order valence-corrected chi connectivity index (χ2v) is 7.57. The molecule has 0 aromatic heterocycles. The maximum absolute atomic E-state index is 13.6. The number of carbonyl (C=O) groups excluding carboxylic acids is 3. The number of halogens is 2. The molecule has 0 unspecified atom stereocenters. The van der Waals surface area contributed by atoms with Crippen molar-refractivity contribution in [2.24, 2.45) is 0 Å². The molecule has 0 bridgehead atoms. The second-order valence-electron chi connectivity index (χ2n) is 7.57. The zero-order valence-electron chi connectivity index (χ0n) is 18.8. The topological polar surface area (TPSA) is 94.2 Å². The molecule has 3 rings (SSSR count). The van der Waals surface area contributed by atoms with E-state index >= 15 is 0 Å². The number of benzene rings is 2. The average molecular weight is 476 g/mol. The Balaban J connectivity index is 1.56. The Hall–Kier alpha value is -3.69. The highest BCUT2D eigenvalue weighted by molar-refractivity contribution is 5.95. The van der Waals surface area contributed by atoms with Gasteiger partial charge in [0.15, 0.2) is 24.7 Å². The van der Waals surface area contributed by atoms with E-state index in [1.54, 1.807) is 11.8 Å². The first-order valence-electron chi connectivity index (χ1n) is 11.0. The normalized spacial score (nSPS) is 13.2. The van der Waals surface area contributed by atoms with Crippen molar-refractivity contribution in [1.29, 1.82) is 0 Å². The maximum atomic E-state index is 13.6. The van der Waals surface area contributed by atoms with Crippen LogP contribution < -0.4 is 14.8 Å². The summed E-state index contributed by atoms with van der Waals surface area (Å²) < 4.78 is 42.7.